The second-order valence-electron chi connectivity index (χ2n) is 6.14. The maximum atomic E-state index is 5.97. The second-order valence-corrected chi connectivity index (χ2v) is 6.58. The van der Waals surface area contributed by atoms with Gasteiger partial charge in [0.1, 0.15) is 0 Å². The summed E-state index contributed by atoms with van der Waals surface area (Å²) >= 11 is 5.97. The van der Waals surface area contributed by atoms with Crippen molar-refractivity contribution in [3.05, 3.63) is 34.9 Å². The van der Waals surface area contributed by atoms with Crippen LogP contribution in [0.25, 0.3) is 0 Å². The molecule has 1 aromatic carbocycles. The van der Waals surface area contributed by atoms with Gasteiger partial charge in [0.25, 0.3) is 0 Å². The van der Waals surface area contributed by atoms with Gasteiger partial charge in [0.2, 0.25) is 0 Å². The van der Waals surface area contributed by atoms with Crippen LogP contribution in [0.15, 0.2) is 24.3 Å². The zero-order valence-corrected chi connectivity index (χ0v) is 12.6. The van der Waals surface area contributed by atoms with Crippen LogP contribution in [-0.2, 0) is 0 Å². The van der Waals surface area contributed by atoms with Crippen molar-refractivity contribution in [2.75, 3.05) is 6.54 Å². The molecule has 0 radical (unpaired) electrons. The highest BCUT2D eigenvalue weighted by Gasteiger charge is 2.53. The Hall–Kier alpha value is -0.530. The first-order valence-corrected chi connectivity index (χ1v) is 7.35. The van der Waals surface area contributed by atoms with Gasteiger partial charge in [-0.1, -0.05) is 51.4 Å². The second kappa shape index (κ2) is 5.22. The molecule has 0 heterocycles. The molecule has 18 heavy (non-hydrogen) atoms. The Morgan fingerprint density at radius 2 is 1.83 bits per heavy atom. The van der Waals surface area contributed by atoms with Crippen molar-refractivity contribution in [3.63, 3.8) is 0 Å². The van der Waals surface area contributed by atoms with E-state index < -0.39 is 0 Å². The number of hydrogen-bond donors (Lipinski definition) is 1. The number of benzene rings is 1. The summed E-state index contributed by atoms with van der Waals surface area (Å²) in [4.78, 5) is 0. The molecule has 2 rings (SSSR count). The van der Waals surface area contributed by atoms with Gasteiger partial charge in [0.05, 0.1) is 0 Å². The molecule has 1 aliphatic carbocycles. The quantitative estimate of drug-likeness (QED) is 0.847. The minimum Gasteiger partial charge on any atom is -0.313 e. The molecule has 0 aliphatic heterocycles. The van der Waals surface area contributed by atoms with Crippen LogP contribution in [-0.4, -0.2) is 12.6 Å². The van der Waals surface area contributed by atoms with Crippen LogP contribution < -0.4 is 5.32 Å². The van der Waals surface area contributed by atoms with E-state index in [2.05, 4.69) is 45.1 Å². The van der Waals surface area contributed by atoms with Crippen molar-refractivity contribution in [1.29, 1.82) is 0 Å². The Morgan fingerprint density at radius 3 is 2.33 bits per heavy atom. The predicted octanol–water partition coefficient (Wildman–Crippen LogP) is 4.47. The predicted molar refractivity (Wildman–Crippen MR) is 79.2 cm³/mol. The molecule has 1 aromatic rings. The van der Waals surface area contributed by atoms with Gasteiger partial charge in [0.15, 0.2) is 0 Å². The summed E-state index contributed by atoms with van der Waals surface area (Å²) < 4.78 is 0. The first-order valence-electron chi connectivity index (χ1n) is 6.97. The van der Waals surface area contributed by atoms with E-state index in [9.17, 15) is 0 Å². The van der Waals surface area contributed by atoms with Crippen molar-refractivity contribution in [3.8, 4) is 0 Å². The molecule has 0 bridgehead atoms. The third-order valence-corrected chi connectivity index (χ3v) is 4.75. The van der Waals surface area contributed by atoms with Crippen LogP contribution in [0, 0.1) is 11.3 Å². The minimum atomic E-state index is 0.322. The van der Waals surface area contributed by atoms with Gasteiger partial charge in [-0.3, -0.25) is 0 Å². The van der Waals surface area contributed by atoms with E-state index in [-0.39, 0.29) is 0 Å². The zero-order valence-electron chi connectivity index (χ0n) is 11.8. The van der Waals surface area contributed by atoms with E-state index in [0.29, 0.717) is 23.3 Å². The smallest absolute Gasteiger partial charge is 0.0406 e. The maximum absolute atomic E-state index is 5.97. The van der Waals surface area contributed by atoms with E-state index in [4.69, 9.17) is 11.6 Å². The lowest BCUT2D eigenvalue weighted by Crippen LogP contribution is -2.61. The van der Waals surface area contributed by atoms with E-state index in [1.807, 2.05) is 12.1 Å². The molecule has 0 saturated heterocycles. The van der Waals surface area contributed by atoms with Crippen molar-refractivity contribution in [1.82, 2.24) is 5.32 Å². The fourth-order valence-corrected chi connectivity index (χ4v) is 3.90. The van der Waals surface area contributed by atoms with Gasteiger partial charge < -0.3 is 5.32 Å². The fraction of sp³-hybridized carbons (Fsp3) is 0.625. The van der Waals surface area contributed by atoms with Crippen molar-refractivity contribution in [2.24, 2.45) is 11.3 Å². The number of rotatable bonds is 4. The summed E-state index contributed by atoms with van der Waals surface area (Å²) in [6.45, 7) is 10.4. The molecule has 1 saturated carbocycles. The van der Waals surface area contributed by atoms with E-state index >= 15 is 0 Å². The monoisotopic (exact) mass is 265 g/mol. The number of halogens is 1. The van der Waals surface area contributed by atoms with Gasteiger partial charge in [0, 0.05) is 11.1 Å². The maximum Gasteiger partial charge on any atom is 0.0406 e. The topological polar surface area (TPSA) is 12.0 Å². The Kier molecular flexibility index (Phi) is 4.03. The summed E-state index contributed by atoms with van der Waals surface area (Å²) in [6, 6.07) is 9.00. The summed E-state index contributed by atoms with van der Waals surface area (Å²) in [5.74, 6) is 1.32. The van der Waals surface area contributed by atoms with Crippen LogP contribution in [0.5, 0.6) is 0 Å². The average molecular weight is 266 g/mol. The summed E-state index contributed by atoms with van der Waals surface area (Å²) in [7, 11) is 0. The Morgan fingerprint density at radius 1 is 1.22 bits per heavy atom. The fourth-order valence-electron chi connectivity index (χ4n) is 3.77. The van der Waals surface area contributed by atoms with Crippen molar-refractivity contribution >= 4 is 11.6 Å². The Labute approximate surface area is 116 Å². The molecule has 0 spiro atoms. The third kappa shape index (κ3) is 2.31. The van der Waals surface area contributed by atoms with Crippen LogP contribution in [0.4, 0.5) is 0 Å². The molecule has 0 amide bonds. The van der Waals surface area contributed by atoms with Gasteiger partial charge >= 0.3 is 0 Å². The lowest BCUT2D eigenvalue weighted by molar-refractivity contribution is 0.000585. The summed E-state index contributed by atoms with van der Waals surface area (Å²) in [5.41, 5.74) is 1.74. The lowest BCUT2D eigenvalue weighted by Gasteiger charge is -2.58. The van der Waals surface area contributed by atoms with Crippen molar-refractivity contribution < 1.29 is 0 Å². The highest BCUT2D eigenvalue weighted by Crippen LogP contribution is 2.56. The van der Waals surface area contributed by atoms with E-state index in [1.54, 1.807) is 0 Å². The Balaban J connectivity index is 2.14. The highest BCUT2D eigenvalue weighted by atomic mass is 35.5. The first kappa shape index (κ1) is 13.9. The highest BCUT2D eigenvalue weighted by molar-refractivity contribution is 6.30. The molecule has 1 aliphatic rings. The SMILES string of the molecule is CCCNC1C(C)C(c2ccc(Cl)cc2)C1(C)C. The van der Waals surface area contributed by atoms with E-state index in [0.717, 1.165) is 11.6 Å². The summed E-state index contributed by atoms with van der Waals surface area (Å²) in [5, 5.41) is 4.52. The number of nitrogens with one attached hydrogen (secondary N) is 1. The molecule has 0 aromatic heterocycles. The Bertz CT molecular complexity index is 396. The lowest BCUT2D eigenvalue weighted by atomic mass is 9.50. The van der Waals surface area contributed by atoms with Gasteiger partial charge in [-0.2, -0.15) is 0 Å². The molecule has 3 atom stereocenters. The molecule has 1 N–H and O–H groups in total. The molecule has 100 valence electrons. The number of hydrogen-bond acceptors (Lipinski definition) is 1. The van der Waals surface area contributed by atoms with Crippen LogP contribution in [0.2, 0.25) is 5.02 Å². The molecule has 3 unspecified atom stereocenters. The molecular formula is C16H24ClN. The third-order valence-electron chi connectivity index (χ3n) is 4.50. The average Bonchev–Trinajstić information content (AvgIpc) is 2.32. The van der Waals surface area contributed by atoms with Crippen LogP contribution in [0.1, 0.15) is 45.6 Å². The zero-order chi connectivity index (χ0) is 13.3. The molecule has 1 nitrogen and oxygen atoms in total. The van der Waals surface area contributed by atoms with Crippen molar-refractivity contribution in [2.45, 2.75) is 46.1 Å². The molecule has 1 fully saturated rings. The largest absolute Gasteiger partial charge is 0.313 e. The van der Waals surface area contributed by atoms with E-state index in [1.165, 1.54) is 12.0 Å². The normalized spacial score (nSPS) is 29.9. The first-order chi connectivity index (χ1) is 8.48. The van der Waals surface area contributed by atoms with Gasteiger partial charge in [-0.05, 0) is 47.9 Å². The van der Waals surface area contributed by atoms with Gasteiger partial charge in [-0.15, -0.1) is 0 Å². The minimum absolute atomic E-state index is 0.322. The standard InChI is InChI=1S/C16H24ClN/c1-5-10-18-15-11(2)14(16(15,3)4)12-6-8-13(17)9-7-12/h6-9,11,14-15,18H,5,10H2,1-4H3. The summed E-state index contributed by atoms with van der Waals surface area (Å²) in [6.07, 6.45) is 1.20. The van der Waals surface area contributed by atoms with Crippen LogP contribution in [0.3, 0.4) is 0 Å². The molecular weight excluding hydrogens is 242 g/mol. The van der Waals surface area contributed by atoms with Gasteiger partial charge in [-0.25, -0.2) is 0 Å². The molecule has 2 heteroatoms. The van der Waals surface area contributed by atoms with Crippen LogP contribution >= 0.6 is 11.6 Å².